The molecule has 0 spiro atoms. The first kappa shape index (κ1) is 28.7. The van der Waals surface area contributed by atoms with Gasteiger partial charge in [0.05, 0.1) is 30.9 Å². The van der Waals surface area contributed by atoms with Crippen molar-refractivity contribution in [2.45, 2.75) is 76.5 Å². The molecule has 1 aliphatic carbocycles. The number of alkyl halides is 3. The Morgan fingerprint density at radius 3 is 2.52 bits per heavy atom. The van der Waals surface area contributed by atoms with Crippen LogP contribution in [0.15, 0.2) is 42.5 Å². The van der Waals surface area contributed by atoms with Crippen molar-refractivity contribution in [2.24, 2.45) is 0 Å². The number of fused-ring (bicyclic) bond motifs is 2. The Morgan fingerprint density at radius 2 is 1.86 bits per heavy atom. The Bertz CT molecular complexity index is 1710. The Labute approximate surface area is 251 Å². The van der Waals surface area contributed by atoms with E-state index in [2.05, 4.69) is 14.9 Å². The highest BCUT2D eigenvalue weighted by Gasteiger charge is 2.38. The molecule has 2 fully saturated rings. The van der Waals surface area contributed by atoms with Gasteiger partial charge in [0.1, 0.15) is 23.5 Å². The molecular formula is C32H32F3N5O4. The average Bonchev–Trinajstić information content (AvgIpc) is 3.77. The van der Waals surface area contributed by atoms with Crippen molar-refractivity contribution in [2.75, 3.05) is 13.2 Å². The van der Waals surface area contributed by atoms with Crippen molar-refractivity contribution in [3.05, 3.63) is 81.9 Å². The van der Waals surface area contributed by atoms with E-state index >= 15 is 0 Å². The minimum Gasteiger partial charge on any atom is -0.477 e. The lowest BCUT2D eigenvalue weighted by molar-refractivity contribution is -0.139. The average molecular weight is 608 g/mol. The van der Waals surface area contributed by atoms with E-state index in [9.17, 15) is 23.1 Å². The van der Waals surface area contributed by atoms with Gasteiger partial charge in [-0.3, -0.25) is 4.90 Å². The fourth-order valence-electron chi connectivity index (χ4n) is 6.02. The van der Waals surface area contributed by atoms with Crippen LogP contribution in [0.5, 0.6) is 5.88 Å². The summed E-state index contributed by atoms with van der Waals surface area (Å²) in [6, 6.07) is 11.8. The van der Waals surface area contributed by atoms with Crippen molar-refractivity contribution in [3.63, 3.8) is 0 Å². The van der Waals surface area contributed by atoms with Gasteiger partial charge in [-0.1, -0.05) is 24.3 Å². The van der Waals surface area contributed by atoms with Gasteiger partial charge < -0.3 is 19.1 Å². The molecular weight excluding hydrogens is 575 g/mol. The molecule has 0 radical (unpaired) electrons. The summed E-state index contributed by atoms with van der Waals surface area (Å²) in [6.45, 7) is 3.92. The number of rotatable bonds is 9. The normalized spacial score (nSPS) is 20.4. The number of carbonyl (C=O) groups is 1. The fraction of sp³-hybridized carbons (Fsp3) is 0.438. The third-order valence-electron chi connectivity index (χ3n) is 8.84. The van der Waals surface area contributed by atoms with Gasteiger partial charge in [0.2, 0.25) is 5.88 Å². The van der Waals surface area contributed by atoms with Crippen LogP contribution in [0.3, 0.4) is 0 Å². The van der Waals surface area contributed by atoms with Gasteiger partial charge >= 0.3 is 12.1 Å². The highest BCUT2D eigenvalue weighted by molar-refractivity contribution is 5.88. The van der Waals surface area contributed by atoms with Crippen LogP contribution in [0, 0.1) is 0 Å². The molecule has 230 valence electrons. The molecule has 4 aromatic rings. The van der Waals surface area contributed by atoms with Gasteiger partial charge in [-0.05, 0) is 73.4 Å². The van der Waals surface area contributed by atoms with Crippen LogP contribution in [-0.2, 0) is 37.0 Å². The first-order valence-corrected chi connectivity index (χ1v) is 14.9. The highest BCUT2D eigenvalue weighted by atomic mass is 19.4. The van der Waals surface area contributed by atoms with E-state index < -0.39 is 23.6 Å². The molecule has 0 amide bonds. The third kappa shape index (κ3) is 5.63. The Hall–Kier alpha value is -4.03. The quantitative estimate of drug-likeness (QED) is 0.251. The topological polar surface area (TPSA) is 103 Å². The van der Waals surface area contributed by atoms with E-state index in [0.29, 0.717) is 66.8 Å². The molecule has 1 saturated carbocycles. The van der Waals surface area contributed by atoms with Crippen molar-refractivity contribution in [1.29, 1.82) is 0 Å². The second-order valence-corrected chi connectivity index (χ2v) is 11.8. The minimum absolute atomic E-state index is 0.0174. The molecule has 7 rings (SSSR count). The highest BCUT2D eigenvalue weighted by Crippen LogP contribution is 2.41. The number of ether oxygens (including phenoxy) is 2. The lowest BCUT2D eigenvalue weighted by atomic mass is 9.97. The molecule has 2 aliphatic heterocycles. The molecule has 1 aromatic carbocycles. The summed E-state index contributed by atoms with van der Waals surface area (Å²) >= 11 is 0. The number of carboxylic acids is 1. The summed E-state index contributed by atoms with van der Waals surface area (Å²) in [5.41, 5.74) is 3.22. The second kappa shape index (κ2) is 11.2. The number of halogens is 3. The Balaban J connectivity index is 1.16. The molecule has 0 bridgehead atoms. The summed E-state index contributed by atoms with van der Waals surface area (Å²) < 4.78 is 55.7. The molecule has 3 aromatic heterocycles. The van der Waals surface area contributed by atoms with E-state index in [1.165, 1.54) is 30.5 Å². The Kier molecular flexibility index (Phi) is 7.28. The number of carboxylic acid groups (broad SMARTS) is 1. The van der Waals surface area contributed by atoms with Crippen molar-refractivity contribution in [1.82, 2.24) is 24.4 Å². The van der Waals surface area contributed by atoms with Crippen LogP contribution < -0.4 is 4.74 Å². The first-order valence-electron chi connectivity index (χ1n) is 14.9. The molecule has 0 unspecified atom stereocenters. The molecule has 44 heavy (non-hydrogen) atoms. The van der Waals surface area contributed by atoms with E-state index in [0.717, 1.165) is 12.0 Å². The van der Waals surface area contributed by atoms with Gasteiger partial charge in [0.15, 0.2) is 11.3 Å². The van der Waals surface area contributed by atoms with Gasteiger partial charge in [-0.15, -0.1) is 0 Å². The predicted molar refractivity (Wildman–Crippen MR) is 153 cm³/mol. The lowest BCUT2D eigenvalue weighted by Gasteiger charge is -2.35. The molecule has 5 heterocycles. The summed E-state index contributed by atoms with van der Waals surface area (Å²) in [7, 11) is 0. The molecule has 9 nitrogen and oxygen atoms in total. The number of hydrogen-bond acceptors (Lipinski definition) is 7. The van der Waals surface area contributed by atoms with Crippen LogP contribution in [0.25, 0.3) is 11.2 Å². The number of aromatic nitrogens is 4. The molecule has 1 saturated heterocycles. The molecule has 2 atom stereocenters. The monoisotopic (exact) mass is 607 g/mol. The second-order valence-electron chi connectivity index (χ2n) is 11.8. The van der Waals surface area contributed by atoms with E-state index in [1.54, 1.807) is 6.07 Å². The van der Waals surface area contributed by atoms with Crippen LogP contribution in [0.4, 0.5) is 13.2 Å². The first-order chi connectivity index (χ1) is 21.1. The maximum absolute atomic E-state index is 14.1. The zero-order valence-corrected chi connectivity index (χ0v) is 24.2. The molecule has 1 N–H and O–H groups in total. The number of benzene rings is 1. The SMILES string of the molecule is C[C@H]1c2nc(OCc3ccc(C4CC4)cc3)c(C(F)(F)F)cc2CCN1Cc1nc2ccc(C(=O)O)nc2n1C[C@@H]1CCO1. The van der Waals surface area contributed by atoms with E-state index in [1.807, 2.05) is 35.8 Å². The van der Waals surface area contributed by atoms with Crippen molar-refractivity contribution in [3.8, 4) is 5.88 Å². The Morgan fingerprint density at radius 1 is 1.09 bits per heavy atom. The van der Waals surface area contributed by atoms with Crippen LogP contribution in [0.2, 0.25) is 0 Å². The number of aromatic carboxylic acids is 1. The van der Waals surface area contributed by atoms with Gasteiger partial charge in [0.25, 0.3) is 0 Å². The minimum atomic E-state index is -4.61. The van der Waals surface area contributed by atoms with Crippen LogP contribution in [0.1, 0.15) is 82.4 Å². The largest absolute Gasteiger partial charge is 0.477 e. The van der Waals surface area contributed by atoms with Crippen LogP contribution in [-0.4, -0.2) is 54.8 Å². The summed E-state index contributed by atoms with van der Waals surface area (Å²) in [5, 5.41) is 9.49. The third-order valence-corrected chi connectivity index (χ3v) is 8.84. The number of pyridine rings is 2. The number of nitrogens with zero attached hydrogens (tertiary/aromatic N) is 5. The fourth-order valence-corrected chi connectivity index (χ4v) is 6.02. The molecule has 3 aliphatic rings. The zero-order chi connectivity index (χ0) is 30.6. The van der Waals surface area contributed by atoms with E-state index in [4.69, 9.17) is 14.5 Å². The zero-order valence-electron chi connectivity index (χ0n) is 24.2. The lowest BCUT2D eigenvalue weighted by Crippen LogP contribution is -2.36. The predicted octanol–water partition coefficient (Wildman–Crippen LogP) is 5.91. The van der Waals surface area contributed by atoms with Crippen molar-refractivity contribution >= 4 is 17.1 Å². The maximum Gasteiger partial charge on any atom is 0.421 e. The van der Waals surface area contributed by atoms with Crippen LogP contribution >= 0.6 is 0 Å². The standard InChI is InChI=1S/C32H32F3N5O4/c1-18-28-22(14-24(32(33,34)35)30(38-28)44-17-19-2-4-20(5-3-19)21-6-7-21)10-12-39(18)16-27-36-25-8-9-26(31(41)42)37-29(25)40(27)15-23-11-13-43-23/h2-5,8-9,14,18,21,23H,6-7,10-13,15-17H2,1H3,(H,41,42)/t18-,23-/m0/s1. The summed E-state index contributed by atoms with van der Waals surface area (Å²) in [4.78, 5) is 27.3. The van der Waals surface area contributed by atoms with Gasteiger partial charge in [-0.2, -0.15) is 13.2 Å². The molecule has 12 heteroatoms. The smallest absolute Gasteiger partial charge is 0.421 e. The number of imidazole rings is 1. The number of hydrogen-bond donors (Lipinski definition) is 1. The maximum atomic E-state index is 14.1. The summed E-state index contributed by atoms with van der Waals surface area (Å²) in [6.07, 6.45) is -1.02. The van der Waals surface area contributed by atoms with Crippen molar-refractivity contribution < 1.29 is 32.5 Å². The van der Waals surface area contributed by atoms with E-state index in [-0.39, 0.29) is 24.4 Å². The van der Waals surface area contributed by atoms with Gasteiger partial charge in [-0.25, -0.2) is 19.7 Å². The summed E-state index contributed by atoms with van der Waals surface area (Å²) in [5.74, 6) is -0.273. The van der Waals surface area contributed by atoms with Gasteiger partial charge in [0, 0.05) is 13.2 Å².